The van der Waals surface area contributed by atoms with Gasteiger partial charge in [-0.25, -0.2) is 4.79 Å². The van der Waals surface area contributed by atoms with Crippen LogP contribution in [0.25, 0.3) is 11.1 Å². The van der Waals surface area contributed by atoms with Crippen molar-refractivity contribution in [3.05, 3.63) is 33.2 Å². The van der Waals surface area contributed by atoms with Crippen molar-refractivity contribution in [3.8, 4) is 0 Å². The summed E-state index contributed by atoms with van der Waals surface area (Å²) in [6, 6.07) is 5.64. The van der Waals surface area contributed by atoms with Crippen molar-refractivity contribution in [2.75, 3.05) is 26.3 Å². The first-order valence-electron chi connectivity index (χ1n) is 7.44. The van der Waals surface area contributed by atoms with Crippen LogP contribution < -0.4 is 5.76 Å². The molecule has 2 fully saturated rings. The fourth-order valence-electron chi connectivity index (χ4n) is 3.19. The smallest absolute Gasteiger partial charge is 0.408 e. The van der Waals surface area contributed by atoms with Gasteiger partial charge in [-0.1, -0.05) is 15.9 Å². The summed E-state index contributed by atoms with van der Waals surface area (Å²) in [5.41, 5.74) is 1.43. The Balaban J connectivity index is 1.52. The van der Waals surface area contributed by atoms with E-state index in [0.717, 1.165) is 35.9 Å². The molecule has 2 aliphatic rings. The maximum Gasteiger partial charge on any atom is 0.421 e. The van der Waals surface area contributed by atoms with Crippen LogP contribution in [0.3, 0.4) is 0 Å². The first-order valence-corrected chi connectivity index (χ1v) is 8.24. The van der Waals surface area contributed by atoms with Gasteiger partial charge < -0.3 is 13.9 Å². The molecule has 6 nitrogen and oxygen atoms in total. The Kier molecular flexibility index (Phi) is 3.60. The molecule has 0 radical (unpaired) electrons. The molecule has 0 unspecified atom stereocenters. The van der Waals surface area contributed by atoms with Crippen LogP contribution in [0.15, 0.2) is 31.9 Å². The van der Waals surface area contributed by atoms with Gasteiger partial charge >= 0.3 is 5.76 Å². The highest BCUT2D eigenvalue weighted by Crippen LogP contribution is 2.31. The zero-order valence-corrected chi connectivity index (χ0v) is 13.7. The maximum absolute atomic E-state index is 12.1. The second-order valence-electron chi connectivity index (χ2n) is 5.78. The predicted octanol–water partition coefficient (Wildman–Crippen LogP) is 2.15. The van der Waals surface area contributed by atoms with Gasteiger partial charge in [-0.15, -0.1) is 0 Å². The largest absolute Gasteiger partial charge is 0.421 e. The van der Waals surface area contributed by atoms with Crippen molar-refractivity contribution in [1.82, 2.24) is 9.47 Å². The summed E-state index contributed by atoms with van der Waals surface area (Å²) in [6.07, 6.45) is 1.67. The van der Waals surface area contributed by atoms with Gasteiger partial charge in [0.1, 0.15) is 0 Å². The van der Waals surface area contributed by atoms with Gasteiger partial charge in [0.15, 0.2) is 11.4 Å². The van der Waals surface area contributed by atoms with Gasteiger partial charge in [-0.05, 0) is 18.2 Å². The van der Waals surface area contributed by atoms with Gasteiger partial charge in [0, 0.05) is 30.4 Å². The highest BCUT2D eigenvalue weighted by molar-refractivity contribution is 9.10. The summed E-state index contributed by atoms with van der Waals surface area (Å²) in [5.74, 6) is -0.702. The molecule has 0 amide bonds. The van der Waals surface area contributed by atoms with Crippen molar-refractivity contribution in [1.29, 1.82) is 0 Å². The molecule has 1 aromatic heterocycles. The molecule has 4 rings (SSSR count). The van der Waals surface area contributed by atoms with Crippen molar-refractivity contribution >= 4 is 27.0 Å². The zero-order chi connectivity index (χ0) is 15.2. The second kappa shape index (κ2) is 5.49. The molecule has 2 saturated heterocycles. The van der Waals surface area contributed by atoms with Gasteiger partial charge in [0.25, 0.3) is 0 Å². The number of oxazole rings is 1. The monoisotopic (exact) mass is 368 g/mol. The van der Waals surface area contributed by atoms with E-state index in [9.17, 15) is 4.79 Å². The van der Waals surface area contributed by atoms with Crippen LogP contribution in [-0.2, 0) is 16.1 Å². The predicted molar refractivity (Wildman–Crippen MR) is 83.6 cm³/mol. The molecule has 1 aromatic carbocycles. The lowest BCUT2D eigenvalue weighted by Gasteiger charge is -2.37. The van der Waals surface area contributed by atoms with Gasteiger partial charge in [-0.2, -0.15) is 0 Å². The van der Waals surface area contributed by atoms with Crippen LogP contribution in [0.4, 0.5) is 0 Å². The lowest BCUT2D eigenvalue weighted by Crippen LogP contribution is -2.46. The summed E-state index contributed by atoms with van der Waals surface area (Å²) in [6.45, 7) is 3.58. The Bertz CT molecular complexity index is 738. The number of ether oxygens (including phenoxy) is 2. The topological polar surface area (TPSA) is 56.8 Å². The average molecular weight is 369 g/mol. The molecule has 118 valence electrons. The van der Waals surface area contributed by atoms with Gasteiger partial charge in [0.2, 0.25) is 0 Å². The number of benzene rings is 1. The highest BCUT2D eigenvalue weighted by Gasteiger charge is 2.39. The number of rotatable bonds is 2. The van der Waals surface area contributed by atoms with E-state index >= 15 is 0 Å². The Morgan fingerprint density at radius 2 is 1.91 bits per heavy atom. The minimum atomic E-state index is -0.384. The fraction of sp³-hybridized carbons (Fsp3) is 0.533. The van der Waals surface area contributed by atoms with Crippen molar-refractivity contribution < 1.29 is 13.9 Å². The van der Waals surface area contributed by atoms with Crippen LogP contribution in [0.1, 0.15) is 12.8 Å². The average Bonchev–Trinajstić information content (AvgIpc) is 3.07. The molecule has 0 atom stereocenters. The normalized spacial score (nSPS) is 21.9. The van der Waals surface area contributed by atoms with Gasteiger partial charge in [0.05, 0.1) is 25.4 Å². The third-order valence-corrected chi connectivity index (χ3v) is 4.90. The van der Waals surface area contributed by atoms with Crippen molar-refractivity contribution in [3.63, 3.8) is 0 Å². The van der Waals surface area contributed by atoms with E-state index in [2.05, 4.69) is 20.8 Å². The van der Waals surface area contributed by atoms with E-state index in [4.69, 9.17) is 13.9 Å². The first kappa shape index (κ1) is 14.4. The molecule has 3 heterocycles. The van der Waals surface area contributed by atoms with Crippen LogP contribution in [-0.4, -0.2) is 41.6 Å². The first-order chi connectivity index (χ1) is 10.7. The second-order valence-corrected chi connectivity index (χ2v) is 6.69. The standard InChI is InChI=1S/C15H17BrN2O4/c16-11-1-2-12-13(9-11)22-14(19)18(12)10-17-5-3-15(4-6-17)20-7-8-21-15/h1-2,9H,3-8,10H2. The quantitative estimate of drug-likeness (QED) is 0.812. The van der Waals surface area contributed by atoms with E-state index in [1.54, 1.807) is 4.57 Å². The van der Waals surface area contributed by atoms with Crippen LogP contribution in [0.5, 0.6) is 0 Å². The molecule has 0 aliphatic carbocycles. The number of hydrogen-bond donors (Lipinski definition) is 0. The number of halogens is 1. The molecule has 2 aromatic rings. The summed E-state index contributed by atoms with van der Waals surface area (Å²) >= 11 is 3.39. The van der Waals surface area contributed by atoms with E-state index in [-0.39, 0.29) is 11.5 Å². The minimum absolute atomic E-state index is 0.318. The number of hydrogen-bond acceptors (Lipinski definition) is 5. The van der Waals surface area contributed by atoms with Gasteiger partial charge in [-0.3, -0.25) is 9.47 Å². The van der Waals surface area contributed by atoms with E-state index in [1.165, 1.54) is 0 Å². The molecular weight excluding hydrogens is 352 g/mol. The third-order valence-electron chi connectivity index (χ3n) is 4.40. The summed E-state index contributed by atoms with van der Waals surface area (Å²) < 4.78 is 19.4. The fourth-order valence-corrected chi connectivity index (χ4v) is 3.54. The Morgan fingerprint density at radius 1 is 1.18 bits per heavy atom. The molecule has 0 saturated carbocycles. The molecule has 22 heavy (non-hydrogen) atoms. The van der Waals surface area contributed by atoms with E-state index in [0.29, 0.717) is 25.5 Å². The molecule has 0 N–H and O–H groups in total. The third kappa shape index (κ3) is 2.52. The Labute approximate surface area is 135 Å². The van der Waals surface area contributed by atoms with E-state index < -0.39 is 0 Å². The zero-order valence-electron chi connectivity index (χ0n) is 12.1. The lowest BCUT2D eigenvalue weighted by atomic mass is 10.0. The summed E-state index contributed by atoms with van der Waals surface area (Å²) in [5, 5.41) is 0. The molecular formula is C15H17BrN2O4. The SMILES string of the molecule is O=c1oc2cc(Br)ccc2n1CN1CCC2(CC1)OCCO2. The highest BCUT2D eigenvalue weighted by atomic mass is 79.9. The van der Waals surface area contributed by atoms with Crippen LogP contribution in [0.2, 0.25) is 0 Å². The Morgan fingerprint density at radius 3 is 2.64 bits per heavy atom. The number of likely N-dealkylation sites (tertiary alicyclic amines) is 1. The maximum atomic E-state index is 12.1. The lowest BCUT2D eigenvalue weighted by molar-refractivity contribution is -0.187. The Hall–Kier alpha value is -1.15. The molecule has 7 heteroatoms. The van der Waals surface area contributed by atoms with Crippen LogP contribution in [0, 0.1) is 0 Å². The van der Waals surface area contributed by atoms with Crippen molar-refractivity contribution in [2.24, 2.45) is 0 Å². The number of piperidine rings is 1. The van der Waals surface area contributed by atoms with Crippen molar-refractivity contribution in [2.45, 2.75) is 25.3 Å². The molecule has 2 aliphatic heterocycles. The number of fused-ring (bicyclic) bond motifs is 1. The number of nitrogens with zero attached hydrogens (tertiary/aromatic N) is 2. The minimum Gasteiger partial charge on any atom is -0.408 e. The number of aromatic nitrogens is 1. The van der Waals surface area contributed by atoms with E-state index in [1.807, 2.05) is 18.2 Å². The molecule has 1 spiro atoms. The molecule has 0 bridgehead atoms. The summed E-state index contributed by atoms with van der Waals surface area (Å²) in [7, 11) is 0. The van der Waals surface area contributed by atoms with Crippen LogP contribution >= 0.6 is 15.9 Å². The summed E-state index contributed by atoms with van der Waals surface area (Å²) in [4.78, 5) is 14.3.